The molecule has 0 saturated heterocycles. The highest BCUT2D eigenvalue weighted by molar-refractivity contribution is 7.92. The summed E-state index contributed by atoms with van der Waals surface area (Å²) in [6.45, 7) is 3.36. The first-order valence-corrected chi connectivity index (χ1v) is 13.3. The number of carbonyl (C=O) groups excluding carboxylic acids is 1. The molecular formula is C26H30N4O3S. The van der Waals surface area contributed by atoms with Crippen LogP contribution in [0.15, 0.2) is 79.1 Å². The summed E-state index contributed by atoms with van der Waals surface area (Å²) >= 11 is 0. The first-order valence-electron chi connectivity index (χ1n) is 11.4. The molecular weight excluding hydrogens is 448 g/mol. The number of benzene rings is 2. The topological polar surface area (TPSA) is 73.8 Å². The van der Waals surface area contributed by atoms with Crippen molar-refractivity contribution in [1.82, 2.24) is 14.8 Å². The van der Waals surface area contributed by atoms with E-state index in [0.29, 0.717) is 43.9 Å². The molecule has 0 aliphatic carbocycles. The molecule has 34 heavy (non-hydrogen) atoms. The van der Waals surface area contributed by atoms with E-state index in [1.54, 1.807) is 29.4 Å². The van der Waals surface area contributed by atoms with Gasteiger partial charge in [-0.2, -0.15) is 0 Å². The molecule has 0 fully saturated rings. The third-order valence-corrected chi connectivity index (χ3v) is 7.17. The maximum absolute atomic E-state index is 13.4. The molecule has 1 aliphatic heterocycles. The van der Waals surface area contributed by atoms with E-state index < -0.39 is 10.0 Å². The fourth-order valence-corrected chi connectivity index (χ4v) is 5.29. The molecule has 0 saturated carbocycles. The van der Waals surface area contributed by atoms with Gasteiger partial charge in [0.15, 0.2) is 0 Å². The first kappa shape index (κ1) is 23.9. The molecule has 0 radical (unpaired) electrons. The summed E-state index contributed by atoms with van der Waals surface area (Å²) in [6.07, 6.45) is 5.14. The maximum atomic E-state index is 13.4. The second-order valence-electron chi connectivity index (χ2n) is 8.55. The van der Waals surface area contributed by atoms with Crippen molar-refractivity contribution in [3.8, 4) is 0 Å². The molecule has 1 aromatic heterocycles. The Balaban J connectivity index is 1.69. The zero-order valence-electron chi connectivity index (χ0n) is 19.4. The molecule has 0 bridgehead atoms. The van der Waals surface area contributed by atoms with Crippen LogP contribution in [-0.2, 0) is 23.1 Å². The third-order valence-electron chi connectivity index (χ3n) is 5.99. The van der Waals surface area contributed by atoms with Crippen molar-refractivity contribution in [3.05, 3.63) is 95.8 Å². The van der Waals surface area contributed by atoms with Gasteiger partial charge in [-0.3, -0.25) is 19.0 Å². The number of hydrogen-bond acceptors (Lipinski definition) is 5. The zero-order valence-corrected chi connectivity index (χ0v) is 20.2. The van der Waals surface area contributed by atoms with E-state index in [4.69, 9.17) is 0 Å². The van der Waals surface area contributed by atoms with Gasteiger partial charge in [0.25, 0.3) is 5.91 Å². The monoisotopic (exact) mass is 478 g/mol. The van der Waals surface area contributed by atoms with Gasteiger partial charge in [0, 0.05) is 51.7 Å². The Morgan fingerprint density at radius 3 is 2.41 bits per heavy atom. The van der Waals surface area contributed by atoms with E-state index in [0.717, 1.165) is 18.7 Å². The van der Waals surface area contributed by atoms with Gasteiger partial charge in [0.1, 0.15) is 0 Å². The minimum Gasteiger partial charge on any atom is -0.333 e. The maximum Gasteiger partial charge on any atom is 0.255 e. The van der Waals surface area contributed by atoms with Crippen LogP contribution in [0.1, 0.15) is 27.9 Å². The smallest absolute Gasteiger partial charge is 0.255 e. The molecule has 0 atom stereocenters. The predicted molar refractivity (Wildman–Crippen MR) is 134 cm³/mol. The summed E-state index contributed by atoms with van der Waals surface area (Å²) in [7, 11) is -3.48. The van der Waals surface area contributed by atoms with Crippen molar-refractivity contribution >= 4 is 21.6 Å². The Labute approximate surface area is 201 Å². The molecule has 0 unspecified atom stereocenters. The van der Waals surface area contributed by atoms with Crippen LogP contribution < -0.4 is 4.31 Å². The lowest BCUT2D eigenvalue weighted by Gasteiger charge is -2.28. The summed E-state index contributed by atoms with van der Waals surface area (Å²) in [5, 5.41) is 0. The van der Waals surface area contributed by atoms with Crippen molar-refractivity contribution < 1.29 is 13.2 Å². The van der Waals surface area contributed by atoms with Crippen LogP contribution in [0.3, 0.4) is 0 Å². The second kappa shape index (κ2) is 10.8. The number of sulfonamides is 1. The average Bonchev–Trinajstić information content (AvgIpc) is 2.87. The Kier molecular flexibility index (Phi) is 7.59. The molecule has 2 aromatic carbocycles. The van der Waals surface area contributed by atoms with E-state index >= 15 is 0 Å². The van der Waals surface area contributed by atoms with E-state index in [1.165, 1.54) is 16.1 Å². The lowest BCUT2D eigenvalue weighted by Crippen LogP contribution is -2.38. The highest BCUT2D eigenvalue weighted by Crippen LogP contribution is 2.26. The minimum absolute atomic E-state index is 0.118. The van der Waals surface area contributed by atoms with Gasteiger partial charge >= 0.3 is 0 Å². The molecule has 0 spiro atoms. The Morgan fingerprint density at radius 2 is 1.68 bits per heavy atom. The fraction of sp³-hybridized carbons (Fsp3) is 0.308. The summed E-state index contributed by atoms with van der Waals surface area (Å²) in [5.41, 5.74) is 3.14. The van der Waals surface area contributed by atoms with Crippen molar-refractivity contribution in [3.63, 3.8) is 0 Å². The van der Waals surface area contributed by atoms with Gasteiger partial charge in [0.2, 0.25) is 10.0 Å². The van der Waals surface area contributed by atoms with Crippen LogP contribution in [0.5, 0.6) is 0 Å². The Hall–Kier alpha value is -3.23. The van der Waals surface area contributed by atoms with Crippen molar-refractivity contribution in [2.24, 2.45) is 0 Å². The quantitative estimate of drug-likeness (QED) is 0.575. The second-order valence-corrected chi connectivity index (χ2v) is 10.5. The number of amides is 1. The highest BCUT2D eigenvalue weighted by atomic mass is 32.2. The van der Waals surface area contributed by atoms with Crippen molar-refractivity contribution in [2.75, 3.05) is 36.7 Å². The number of rotatable bonds is 4. The molecule has 1 aliphatic rings. The van der Waals surface area contributed by atoms with Crippen molar-refractivity contribution in [2.45, 2.75) is 19.5 Å². The normalized spacial score (nSPS) is 15.9. The third kappa shape index (κ3) is 6.01. The summed E-state index contributed by atoms with van der Waals surface area (Å²) < 4.78 is 26.9. The standard InChI is InChI=1S/C26H30N4O3S/c1-34(32,33)30-16-8-15-28(20-22-9-3-2-4-10-22)17-18-29(21-24-11-5-6-13-25(24)30)26(31)23-12-7-14-27-19-23/h2-7,9-14,19H,8,15-18,20-21H2,1H3. The van der Waals surface area contributed by atoms with Crippen molar-refractivity contribution in [1.29, 1.82) is 0 Å². The van der Waals surface area contributed by atoms with E-state index in [9.17, 15) is 13.2 Å². The van der Waals surface area contributed by atoms with Gasteiger partial charge in [-0.1, -0.05) is 48.5 Å². The number of para-hydroxylation sites is 1. The summed E-state index contributed by atoms with van der Waals surface area (Å²) in [6, 6.07) is 21.1. The molecule has 7 nitrogen and oxygen atoms in total. The number of nitrogens with zero attached hydrogens (tertiary/aromatic N) is 4. The molecule has 178 valence electrons. The van der Waals surface area contributed by atoms with E-state index in [-0.39, 0.29) is 5.91 Å². The van der Waals surface area contributed by atoms with Gasteiger partial charge in [-0.15, -0.1) is 0 Å². The van der Waals surface area contributed by atoms with Gasteiger partial charge in [-0.25, -0.2) is 8.42 Å². The first-order chi connectivity index (χ1) is 16.4. The number of fused-ring (bicyclic) bond motifs is 1. The van der Waals surface area contributed by atoms with Crippen LogP contribution in [0.25, 0.3) is 0 Å². The molecule has 1 amide bonds. The molecule has 4 rings (SSSR count). The van der Waals surface area contributed by atoms with E-state index in [1.807, 2.05) is 42.5 Å². The SMILES string of the molecule is CS(=O)(=O)N1CCCN(Cc2ccccc2)CCN(C(=O)c2cccnc2)Cc2ccccc21. The summed E-state index contributed by atoms with van der Waals surface area (Å²) in [5.74, 6) is -0.118. The summed E-state index contributed by atoms with van der Waals surface area (Å²) in [4.78, 5) is 21.6. The lowest BCUT2D eigenvalue weighted by atomic mass is 10.1. The largest absolute Gasteiger partial charge is 0.333 e. The van der Waals surface area contributed by atoms with Crippen LogP contribution in [-0.4, -0.2) is 61.5 Å². The number of anilines is 1. The molecule has 8 heteroatoms. The van der Waals surface area contributed by atoms with Gasteiger partial charge in [-0.05, 0) is 35.7 Å². The highest BCUT2D eigenvalue weighted by Gasteiger charge is 2.25. The molecule has 3 aromatic rings. The number of pyridine rings is 1. The molecule has 2 heterocycles. The van der Waals surface area contributed by atoms with Gasteiger partial charge < -0.3 is 4.90 Å². The predicted octanol–water partition coefficient (Wildman–Crippen LogP) is 3.40. The average molecular weight is 479 g/mol. The fourth-order valence-electron chi connectivity index (χ4n) is 4.29. The van der Waals surface area contributed by atoms with Gasteiger partial charge in [0.05, 0.1) is 17.5 Å². The van der Waals surface area contributed by atoms with Crippen LogP contribution >= 0.6 is 0 Å². The Bertz CT molecular complexity index is 1200. The van der Waals surface area contributed by atoms with Crippen LogP contribution in [0.2, 0.25) is 0 Å². The van der Waals surface area contributed by atoms with Crippen LogP contribution in [0.4, 0.5) is 5.69 Å². The Morgan fingerprint density at radius 1 is 0.912 bits per heavy atom. The number of carbonyl (C=O) groups is 1. The lowest BCUT2D eigenvalue weighted by molar-refractivity contribution is 0.0719. The number of aromatic nitrogens is 1. The number of hydrogen-bond donors (Lipinski definition) is 0. The minimum atomic E-state index is -3.48. The van der Waals surface area contributed by atoms with E-state index in [2.05, 4.69) is 22.0 Å². The van der Waals surface area contributed by atoms with Crippen LogP contribution in [0, 0.1) is 0 Å². The zero-order chi connectivity index (χ0) is 24.0. The molecule has 0 N–H and O–H groups in total.